The van der Waals surface area contributed by atoms with Crippen molar-refractivity contribution < 1.29 is 14.3 Å². The van der Waals surface area contributed by atoms with Gasteiger partial charge in [0.2, 0.25) is 17.7 Å². The topological polar surface area (TPSA) is 58.6 Å². The number of carbonyl (C=O) groups excluding carboxylic acids is 2. The van der Waals surface area contributed by atoms with Crippen LogP contribution in [-0.4, -0.2) is 34.7 Å². The van der Waals surface area contributed by atoms with E-state index in [0.29, 0.717) is 13.0 Å². The van der Waals surface area contributed by atoms with Crippen LogP contribution in [0, 0.1) is 11.8 Å². The highest BCUT2D eigenvalue weighted by atomic mass is 16.5. The van der Waals surface area contributed by atoms with E-state index in [1.165, 1.54) is 0 Å². The SMILES string of the molecule is CCCOC12NC(=O)C(C)(C(C)C)N1C(=O)C1CC=CC=C12. The molecule has 5 heteroatoms. The molecular formula is C17H24N2O3. The number of ether oxygens (including phenoxy) is 1. The third-order valence-corrected chi connectivity index (χ3v) is 5.23. The molecule has 2 saturated heterocycles. The summed E-state index contributed by atoms with van der Waals surface area (Å²) in [6.07, 6.45) is 7.36. The highest BCUT2D eigenvalue weighted by Gasteiger charge is 2.69. The Morgan fingerprint density at radius 3 is 2.82 bits per heavy atom. The molecule has 0 aromatic rings. The number of fused-ring (bicyclic) bond motifs is 3. The first-order chi connectivity index (χ1) is 10.4. The zero-order chi connectivity index (χ0) is 16.1. The number of hydrogen-bond donors (Lipinski definition) is 1. The lowest BCUT2D eigenvalue weighted by Gasteiger charge is -2.39. The van der Waals surface area contributed by atoms with E-state index in [1.54, 1.807) is 4.90 Å². The average molecular weight is 304 g/mol. The molecule has 5 nitrogen and oxygen atoms in total. The summed E-state index contributed by atoms with van der Waals surface area (Å²) >= 11 is 0. The van der Waals surface area contributed by atoms with Crippen LogP contribution in [0.2, 0.25) is 0 Å². The van der Waals surface area contributed by atoms with Crippen LogP contribution in [0.3, 0.4) is 0 Å². The van der Waals surface area contributed by atoms with Gasteiger partial charge in [-0.3, -0.25) is 14.5 Å². The van der Waals surface area contributed by atoms with Gasteiger partial charge in [0, 0.05) is 5.57 Å². The number of rotatable bonds is 4. The van der Waals surface area contributed by atoms with Crippen LogP contribution in [0.5, 0.6) is 0 Å². The van der Waals surface area contributed by atoms with Gasteiger partial charge in [-0.1, -0.05) is 39.0 Å². The van der Waals surface area contributed by atoms with Gasteiger partial charge in [0.15, 0.2) is 0 Å². The summed E-state index contributed by atoms with van der Waals surface area (Å²) in [7, 11) is 0. The van der Waals surface area contributed by atoms with Crippen molar-refractivity contribution in [3.63, 3.8) is 0 Å². The summed E-state index contributed by atoms with van der Waals surface area (Å²) in [5.74, 6) is -1.47. The van der Waals surface area contributed by atoms with Gasteiger partial charge in [0.05, 0.1) is 12.5 Å². The molecule has 0 radical (unpaired) electrons. The zero-order valence-electron chi connectivity index (χ0n) is 13.7. The van der Waals surface area contributed by atoms with Gasteiger partial charge in [-0.25, -0.2) is 0 Å². The molecule has 2 amide bonds. The molecule has 0 saturated carbocycles. The summed E-state index contributed by atoms with van der Waals surface area (Å²) in [4.78, 5) is 27.4. The van der Waals surface area contributed by atoms with Crippen LogP contribution in [0.4, 0.5) is 0 Å². The molecule has 2 fully saturated rings. The minimum absolute atomic E-state index is 0.00253. The standard InChI is InChI=1S/C17H24N2O3/c1-5-10-22-17-13-9-7-6-8-12(13)14(20)19(17)16(4,11(2)3)15(21)18-17/h6-7,9,11-12H,5,8,10H2,1-4H3,(H,18,21). The largest absolute Gasteiger partial charge is 0.334 e. The van der Waals surface area contributed by atoms with E-state index in [4.69, 9.17) is 4.74 Å². The third-order valence-electron chi connectivity index (χ3n) is 5.23. The van der Waals surface area contributed by atoms with Crippen molar-refractivity contribution in [3.05, 3.63) is 23.8 Å². The lowest BCUT2D eigenvalue weighted by atomic mass is 9.86. The maximum atomic E-state index is 13.0. The molecule has 3 rings (SSSR count). The second kappa shape index (κ2) is 4.95. The van der Waals surface area contributed by atoms with Gasteiger partial charge in [-0.05, 0) is 25.7 Å². The molecule has 1 aliphatic carbocycles. The van der Waals surface area contributed by atoms with Crippen LogP contribution in [0.25, 0.3) is 0 Å². The second-order valence-corrected chi connectivity index (χ2v) is 6.76. The first-order valence-corrected chi connectivity index (χ1v) is 8.07. The zero-order valence-corrected chi connectivity index (χ0v) is 13.7. The fraction of sp³-hybridized carbons (Fsp3) is 0.647. The smallest absolute Gasteiger partial charge is 0.250 e. The number of nitrogens with one attached hydrogen (secondary N) is 1. The van der Waals surface area contributed by atoms with E-state index in [2.05, 4.69) is 5.32 Å². The fourth-order valence-electron chi connectivity index (χ4n) is 3.67. The van der Waals surface area contributed by atoms with E-state index in [9.17, 15) is 9.59 Å². The van der Waals surface area contributed by atoms with Crippen LogP contribution in [0.15, 0.2) is 23.8 Å². The van der Waals surface area contributed by atoms with Gasteiger partial charge in [0.1, 0.15) is 5.54 Å². The second-order valence-electron chi connectivity index (χ2n) is 6.76. The number of amides is 2. The lowest BCUT2D eigenvalue weighted by Crippen LogP contribution is -2.58. The Bertz CT molecular complexity index is 580. The monoisotopic (exact) mass is 304 g/mol. The van der Waals surface area contributed by atoms with Crippen LogP contribution >= 0.6 is 0 Å². The number of allylic oxidation sites excluding steroid dienone is 3. The van der Waals surface area contributed by atoms with Crippen molar-refractivity contribution >= 4 is 11.8 Å². The quantitative estimate of drug-likeness (QED) is 0.863. The molecule has 1 N–H and O–H groups in total. The minimum atomic E-state index is -1.10. The van der Waals surface area contributed by atoms with E-state index in [-0.39, 0.29) is 23.7 Å². The van der Waals surface area contributed by atoms with Crippen molar-refractivity contribution in [2.24, 2.45) is 11.8 Å². The predicted molar refractivity (Wildman–Crippen MR) is 82.5 cm³/mol. The Labute approximate surface area is 131 Å². The maximum absolute atomic E-state index is 13.0. The van der Waals surface area contributed by atoms with E-state index in [0.717, 1.165) is 12.0 Å². The average Bonchev–Trinajstić information content (AvgIpc) is 2.88. The molecule has 0 aromatic carbocycles. The molecule has 3 aliphatic rings. The van der Waals surface area contributed by atoms with Gasteiger partial charge >= 0.3 is 0 Å². The summed E-state index contributed by atoms with van der Waals surface area (Å²) in [6, 6.07) is 0. The van der Waals surface area contributed by atoms with Crippen LogP contribution in [-0.2, 0) is 14.3 Å². The van der Waals surface area contributed by atoms with Gasteiger partial charge in [-0.15, -0.1) is 0 Å². The lowest BCUT2D eigenvalue weighted by molar-refractivity contribution is -0.164. The van der Waals surface area contributed by atoms with Crippen molar-refractivity contribution in [1.29, 1.82) is 0 Å². The Balaban J connectivity index is 2.15. The highest BCUT2D eigenvalue weighted by Crippen LogP contribution is 2.51. The van der Waals surface area contributed by atoms with Crippen molar-refractivity contribution in [2.45, 2.75) is 51.9 Å². The van der Waals surface area contributed by atoms with E-state index in [1.807, 2.05) is 45.9 Å². The normalized spacial score (nSPS) is 36.5. The molecule has 0 spiro atoms. The summed E-state index contributed by atoms with van der Waals surface area (Å²) in [6.45, 7) is 8.29. The number of carbonyl (C=O) groups is 2. The van der Waals surface area contributed by atoms with Crippen molar-refractivity contribution in [3.8, 4) is 0 Å². The fourth-order valence-corrected chi connectivity index (χ4v) is 3.67. The molecule has 3 atom stereocenters. The van der Waals surface area contributed by atoms with Crippen LogP contribution < -0.4 is 5.32 Å². The Morgan fingerprint density at radius 1 is 1.45 bits per heavy atom. The van der Waals surface area contributed by atoms with Crippen LogP contribution in [0.1, 0.15) is 40.5 Å². The molecular weight excluding hydrogens is 280 g/mol. The number of nitrogens with zero attached hydrogens (tertiary/aromatic N) is 1. The third kappa shape index (κ3) is 1.69. The first-order valence-electron chi connectivity index (χ1n) is 8.07. The molecule has 2 aliphatic heterocycles. The van der Waals surface area contributed by atoms with Crippen molar-refractivity contribution in [2.75, 3.05) is 6.61 Å². The maximum Gasteiger partial charge on any atom is 0.250 e. The van der Waals surface area contributed by atoms with Gasteiger partial charge in [-0.2, -0.15) is 0 Å². The summed E-state index contributed by atoms with van der Waals surface area (Å²) in [5.41, 5.74) is -0.0191. The van der Waals surface area contributed by atoms with Gasteiger partial charge < -0.3 is 10.1 Å². The molecule has 0 bridgehead atoms. The number of hydrogen-bond acceptors (Lipinski definition) is 3. The Morgan fingerprint density at radius 2 is 2.18 bits per heavy atom. The Kier molecular flexibility index (Phi) is 3.44. The minimum Gasteiger partial charge on any atom is -0.334 e. The van der Waals surface area contributed by atoms with Gasteiger partial charge in [0.25, 0.3) is 0 Å². The van der Waals surface area contributed by atoms with E-state index >= 15 is 0 Å². The first kappa shape index (κ1) is 15.3. The van der Waals surface area contributed by atoms with E-state index < -0.39 is 11.4 Å². The predicted octanol–water partition coefficient (Wildman–Crippen LogP) is 1.96. The molecule has 22 heavy (non-hydrogen) atoms. The highest BCUT2D eigenvalue weighted by molar-refractivity contribution is 6.00. The van der Waals surface area contributed by atoms with Crippen molar-refractivity contribution in [1.82, 2.24) is 10.2 Å². The molecule has 3 unspecified atom stereocenters. The summed E-state index contributed by atoms with van der Waals surface area (Å²) in [5, 5.41) is 3.01. The Hall–Kier alpha value is -1.62. The molecule has 120 valence electrons. The molecule has 2 heterocycles. The summed E-state index contributed by atoms with van der Waals surface area (Å²) < 4.78 is 6.09. The molecule has 0 aromatic heterocycles.